The lowest BCUT2D eigenvalue weighted by molar-refractivity contribution is 0.0366. The molecule has 0 bridgehead atoms. The molecule has 4 rings (SSSR count). The maximum absolute atomic E-state index is 5.72. The highest BCUT2D eigenvalue weighted by Crippen LogP contribution is 2.42. The number of morpholine rings is 1. The third-order valence-electron chi connectivity index (χ3n) is 5.06. The standard InChI is InChI=1S/C19H23BrN4OS2/c20-16-6-5-15(27-16)18-17(14-4-1-2-7-21-14)22-19(26)24(18)9-3-8-23-10-12-25-13-11-23/h1-2,4-7,17-18H,3,8-13H2,(H,22,26). The fourth-order valence-electron chi connectivity index (χ4n) is 3.73. The third kappa shape index (κ3) is 4.51. The van der Waals surface area contributed by atoms with Crippen molar-refractivity contribution in [2.24, 2.45) is 0 Å². The van der Waals surface area contributed by atoms with E-state index < -0.39 is 0 Å². The molecule has 1 N–H and O–H groups in total. The van der Waals surface area contributed by atoms with Crippen molar-refractivity contribution in [3.05, 3.63) is 50.9 Å². The van der Waals surface area contributed by atoms with E-state index in [0.29, 0.717) is 0 Å². The van der Waals surface area contributed by atoms with Gasteiger partial charge >= 0.3 is 0 Å². The zero-order chi connectivity index (χ0) is 18.6. The highest BCUT2D eigenvalue weighted by Gasteiger charge is 2.40. The zero-order valence-corrected chi connectivity index (χ0v) is 18.2. The first kappa shape index (κ1) is 19.3. The summed E-state index contributed by atoms with van der Waals surface area (Å²) < 4.78 is 6.59. The summed E-state index contributed by atoms with van der Waals surface area (Å²) >= 11 is 11.1. The number of hydrogen-bond acceptors (Lipinski definition) is 5. The second-order valence-corrected chi connectivity index (χ2v) is 9.65. The molecule has 0 amide bonds. The average molecular weight is 467 g/mol. The van der Waals surface area contributed by atoms with Gasteiger partial charge in [0, 0.05) is 37.3 Å². The van der Waals surface area contributed by atoms with Gasteiger partial charge in [0.15, 0.2) is 5.11 Å². The van der Waals surface area contributed by atoms with Crippen LogP contribution in [-0.2, 0) is 4.74 Å². The quantitative estimate of drug-likeness (QED) is 0.655. The van der Waals surface area contributed by atoms with Crippen LogP contribution >= 0.6 is 39.5 Å². The van der Waals surface area contributed by atoms with Crippen molar-refractivity contribution in [1.82, 2.24) is 20.1 Å². The molecule has 2 aromatic heterocycles. The van der Waals surface area contributed by atoms with Crippen LogP contribution in [-0.4, -0.2) is 59.3 Å². The Morgan fingerprint density at radius 1 is 1.22 bits per heavy atom. The fourth-order valence-corrected chi connectivity index (χ4v) is 5.64. The second kappa shape index (κ2) is 8.96. The first-order valence-corrected chi connectivity index (χ1v) is 11.3. The lowest BCUT2D eigenvalue weighted by atomic mass is 10.0. The van der Waals surface area contributed by atoms with E-state index in [0.717, 1.165) is 60.4 Å². The smallest absolute Gasteiger partial charge is 0.170 e. The molecule has 2 aliphatic rings. The summed E-state index contributed by atoms with van der Waals surface area (Å²) in [5.41, 5.74) is 1.03. The minimum atomic E-state index is 0.0765. The number of halogens is 1. The lowest BCUT2D eigenvalue weighted by Crippen LogP contribution is -2.38. The van der Waals surface area contributed by atoms with Crippen LogP contribution in [0.4, 0.5) is 0 Å². The van der Waals surface area contributed by atoms with Crippen molar-refractivity contribution < 1.29 is 4.74 Å². The van der Waals surface area contributed by atoms with Crippen LogP contribution in [0.25, 0.3) is 0 Å². The maximum Gasteiger partial charge on any atom is 0.170 e. The summed E-state index contributed by atoms with van der Waals surface area (Å²) in [6.45, 7) is 5.76. The molecule has 5 nitrogen and oxygen atoms in total. The number of pyridine rings is 1. The van der Waals surface area contributed by atoms with Crippen molar-refractivity contribution in [2.75, 3.05) is 39.4 Å². The van der Waals surface area contributed by atoms with Gasteiger partial charge in [-0.15, -0.1) is 11.3 Å². The van der Waals surface area contributed by atoms with Crippen LogP contribution in [0.2, 0.25) is 0 Å². The Hall–Kier alpha value is -1.06. The number of aromatic nitrogens is 1. The maximum atomic E-state index is 5.72. The molecular formula is C19H23BrN4OS2. The molecule has 2 saturated heterocycles. The molecule has 0 aliphatic carbocycles. The highest BCUT2D eigenvalue weighted by molar-refractivity contribution is 9.11. The number of thiophene rings is 1. The van der Waals surface area contributed by atoms with Crippen molar-refractivity contribution in [3.8, 4) is 0 Å². The Kier molecular flexibility index (Phi) is 6.39. The largest absolute Gasteiger partial charge is 0.379 e. The first-order chi connectivity index (χ1) is 13.2. The van der Waals surface area contributed by atoms with Gasteiger partial charge in [0.1, 0.15) is 0 Å². The van der Waals surface area contributed by atoms with Crippen LogP contribution in [0.1, 0.15) is 29.1 Å². The van der Waals surface area contributed by atoms with E-state index in [-0.39, 0.29) is 12.1 Å². The molecule has 27 heavy (non-hydrogen) atoms. The van der Waals surface area contributed by atoms with Gasteiger partial charge < -0.3 is 15.0 Å². The van der Waals surface area contributed by atoms with Gasteiger partial charge in [0.25, 0.3) is 0 Å². The van der Waals surface area contributed by atoms with E-state index in [2.05, 4.69) is 54.2 Å². The Bertz CT molecular complexity index is 766. The Balaban J connectivity index is 1.50. The minimum Gasteiger partial charge on any atom is -0.379 e. The number of hydrogen-bond donors (Lipinski definition) is 1. The molecule has 2 unspecified atom stereocenters. The summed E-state index contributed by atoms with van der Waals surface area (Å²) in [6.07, 6.45) is 2.93. The molecule has 2 atom stereocenters. The minimum absolute atomic E-state index is 0.0765. The van der Waals surface area contributed by atoms with E-state index in [4.69, 9.17) is 17.0 Å². The summed E-state index contributed by atoms with van der Waals surface area (Å²) in [5, 5.41) is 4.34. The number of ether oxygens (including phenoxy) is 1. The number of nitrogens with one attached hydrogen (secondary N) is 1. The summed E-state index contributed by atoms with van der Waals surface area (Å²) in [7, 11) is 0. The number of nitrogens with zero attached hydrogens (tertiary/aromatic N) is 3. The van der Waals surface area contributed by atoms with Gasteiger partial charge in [-0.25, -0.2) is 0 Å². The van der Waals surface area contributed by atoms with Crippen LogP contribution in [0.15, 0.2) is 40.3 Å². The number of rotatable bonds is 6. The van der Waals surface area contributed by atoms with E-state index in [1.165, 1.54) is 4.88 Å². The van der Waals surface area contributed by atoms with Crippen LogP contribution in [0.5, 0.6) is 0 Å². The Morgan fingerprint density at radius 3 is 2.78 bits per heavy atom. The molecule has 0 aromatic carbocycles. The zero-order valence-electron chi connectivity index (χ0n) is 15.0. The predicted molar refractivity (Wildman–Crippen MR) is 116 cm³/mol. The normalized spacial score (nSPS) is 23.6. The number of thiocarbonyl (C=S) groups is 1. The molecule has 8 heteroatoms. The molecule has 0 radical (unpaired) electrons. The lowest BCUT2D eigenvalue weighted by Gasteiger charge is -2.30. The van der Waals surface area contributed by atoms with E-state index in [1.807, 2.05) is 18.3 Å². The molecular weight excluding hydrogens is 444 g/mol. The molecule has 144 valence electrons. The molecule has 2 fully saturated rings. The Labute approximate surface area is 177 Å². The third-order valence-corrected chi connectivity index (χ3v) is 7.11. The Morgan fingerprint density at radius 2 is 2.07 bits per heavy atom. The monoisotopic (exact) mass is 466 g/mol. The van der Waals surface area contributed by atoms with Crippen molar-refractivity contribution in [3.63, 3.8) is 0 Å². The van der Waals surface area contributed by atoms with Crippen molar-refractivity contribution in [1.29, 1.82) is 0 Å². The van der Waals surface area contributed by atoms with E-state index >= 15 is 0 Å². The van der Waals surface area contributed by atoms with Gasteiger partial charge in [-0.1, -0.05) is 6.07 Å². The van der Waals surface area contributed by atoms with Gasteiger partial charge in [-0.05, 0) is 58.8 Å². The molecule has 0 saturated carbocycles. The predicted octanol–water partition coefficient (Wildman–Crippen LogP) is 3.60. The van der Waals surface area contributed by atoms with Gasteiger partial charge in [-0.3, -0.25) is 9.88 Å². The molecule has 2 aromatic rings. The van der Waals surface area contributed by atoms with Crippen LogP contribution in [0, 0.1) is 0 Å². The van der Waals surface area contributed by atoms with Crippen LogP contribution in [0.3, 0.4) is 0 Å². The SMILES string of the molecule is S=C1NC(c2ccccn2)C(c2ccc(Br)s2)N1CCCN1CCOCC1. The van der Waals surface area contributed by atoms with Crippen molar-refractivity contribution >= 4 is 44.6 Å². The summed E-state index contributed by atoms with van der Waals surface area (Å²) in [5.74, 6) is 0. The van der Waals surface area contributed by atoms with E-state index in [9.17, 15) is 0 Å². The topological polar surface area (TPSA) is 40.6 Å². The van der Waals surface area contributed by atoms with Gasteiger partial charge in [0.05, 0.1) is 34.8 Å². The highest BCUT2D eigenvalue weighted by atomic mass is 79.9. The van der Waals surface area contributed by atoms with Crippen molar-refractivity contribution in [2.45, 2.75) is 18.5 Å². The summed E-state index contributed by atoms with van der Waals surface area (Å²) in [4.78, 5) is 10.7. The molecule has 2 aliphatic heterocycles. The molecule has 0 spiro atoms. The van der Waals surface area contributed by atoms with E-state index in [1.54, 1.807) is 11.3 Å². The van der Waals surface area contributed by atoms with Gasteiger partial charge in [-0.2, -0.15) is 0 Å². The summed E-state index contributed by atoms with van der Waals surface area (Å²) in [6, 6.07) is 10.6. The van der Waals surface area contributed by atoms with Crippen LogP contribution < -0.4 is 5.32 Å². The fraction of sp³-hybridized carbons (Fsp3) is 0.474. The average Bonchev–Trinajstić information content (AvgIpc) is 3.27. The first-order valence-electron chi connectivity index (χ1n) is 9.26. The van der Waals surface area contributed by atoms with Gasteiger partial charge in [0.2, 0.25) is 0 Å². The molecule has 4 heterocycles. The second-order valence-electron chi connectivity index (χ2n) is 6.77.